The van der Waals surface area contributed by atoms with Gasteiger partial charge in [0.15, 0.2) is 11.5 Å². The molecule has 1 heterocycles. The highest BCUT2D eigenvalue weighted by Crippen LogP contribution is 2.34. The van der Waals surface area contributed by atoms with Crippen LogP contribution in [-0.2, 0) is 11.2 Å². The third-order valence-electron chi connectivity index (χ3n) is 3.54. The molecule has 0 unspecified atom stereocenters. The van der Waals surface area contributed by atoms with Crippen LogP contribution in [0.2, 0.25) is 0 Å². The van der Waals surface area contributed by atoms with Crippen LogP contribution in [0.3, 0.4) is 0 Å². The van der Waals surface area contributed by atoms with Crippen molar-refractivity contribution in [3.63, 3.8) is 0 Å². The molecule has 0 radical (unpaired) electrons. The van der Waals surface area contributed by atoms with Crippen molar-refractivity contribution < 1.29 is 19.4 Å². The summed E-state index contributed by atoms with van der Waals surface area (Å²) in [7, 11) is 1.60. The Kier molecular flexibility index (Phi) is 7.06. The SMILES string of the molecule is CCCCCCOc1ccc(-c2nc(CC(=O)[O-])cs2)cc1OC. The van der Waals surface area contributed by atoms with E-state index >= 15 is 0 Å². The van der Waals surface area contributed by atoms with E-state index in [0.717, 1.165) is 23.4 Å². The highest BCUT2D eigenvalue weighted by Gasteiger charge is 2.10. The highest BCUT2D eigenvalue weighted by molar-refractivity contribution is 7.13. The normalized spacial score (nSPS) is 10.6. The van der Waals surface area contributed by atoms with Gasteiger partial charge in [0.25, 0.3) is 0 Å². The standard InChI is InChI=1S/C18H23NO4S/c1-3-4-5-6-9-23-15-8-7-13(10-16(15)22-2)18-19-14(12-24-18)11-17(20)21/h7-8,10,12H,3-6,9,11H2,1-2H3,(H,20,21)/p-1. The van der Waals surface area contributed by atoms with E-state index in [9.17, 15) is 9.90 Å². The van der Waals surface area contributed by atoms with Crippen LogP contribution in [0.4, 0.5) is 0 Å². The van der Waals surface area contributed by atoms with Crippen molar-refractivity contribution in [2.75, 3.05) is 13.7 Å². The highest BCUT2D eigenvalue weighted by atomic mass is 32.1. The van der Waals surface area contributed by atoms with Crippen LogP contribution < -0.4 is 14.6 Å². The van der Waals surface area contributed by atoms with Crippen molar-refractivity contribution in [1.82, 2.24) is 4.98 Å². The first-order valence-electron chi connectivity index (χ1n) is 8.09. The quantitative estimate of drug-likeness (QED) is 0.617. The number of methoxy groups -OCH3 is 1. The number of hydrogen-bond donors (Lipinski definition) is 0. The Hall–Kier alpha value is -2.08. The summed E-state index contributed by atoms with van der Waals surface area (Å²) in [6.07, 6.45) is 4.44. The number of thiazole rings is 1. The Balaban J connectivity index is 2.05. The van der Waals surface area contributed by atoms with E-state index in [1.807, 2.05) is 18.2 Å². The van der Waals surface area contributed by atoms with E-state index in [1.54, 1.807) is 12.5 Å². The molecule has 0 aliphatic heterocycles. The summed E-state index contributed by atoms with van der Waals surface area (Å²) in [5.41, 5.74) is 1.38. The van der Waals surface area contributed by atoms with E-state index in [-0.39, 0.29) is 6.42 Å². The summed E-state index contributed by atoms with van der Waals surface area (Å²) in [5, 5.41) is 13.1. The third-order valence-corrected chi connectivity index (χ3v) is 4.48. The van der Waals surface area contributed by atoms with Crippen LogP contribution in [-0.4, -0.2) is 24.7 Å². The summed E-state index contributed by atoms with van der Waals surface area (Å²) < 4.78 is 11.2. The molecule has 0 fully saturated rings. The molecule has 0 N–H and O–H groups in total. The predicted octanol–water partition coefficient (Wildman–Crippen LogP) is 3.07. The van der Waals surface area contributed by atoms with Gasteiger partial charge in [0, 0.05) is 23.3 Å². The molecule has 1 aromatic carbocycles. The van der Waals surface area contributed by atoms with Gasteiger partial charge in [0.2, 0.25) is 0 Å². The van der Waals surface area contributed by atoms with Crippen molar-refractivity contribution in [2.24, 2.45) is 0 Å². The molecule has 1 aromatic heterocycles. The zero-order valence-electron chi connectivity index (χ0n) is 14.0. The Labute approximate surface area is 146 Å². The fourth-order valence-electron chi connectivity index (χ4n) is 2.30. The number of ether oxygens (including phenoxy) is 2. The lowest BCUT2D eigenvalue weighted by Gasteiger charge is -2.11. The van der Waals surface area contributed by atoms with Crippen LogP contribution >= 0.6 is 11.3 Å². The van der Waals surface area contributed by atoms with Gasteiger partial charge >= 0.3 is 0 Å². The molecule has 0 saturated carbocycles. The number of carboxylic acid groups (broad SMARTS) is 1. The Bertz CT molecular complexity index is 669. The minimum atomic E-state index is -1.13. The van der Waals surface area contributed by atoms with E-state index < -0.39 is 5.97 Å². The molecule has 0 atom stereocenters. The lowest BCUT2D eigenvalue weighted by Crippen LogP contribution is -2.24. The summed E-state index contributed by atoms with van der Waals surface area (Å²) in [6.45, 7) is 2.85. The molecule has 6 heteroatoms. The van der Waals surface area contributed by atoms with Gasteiger partial charge in [-0.05, 0) is 24.6 Å². The molecular formula is C18H22NO4S-. The first-order valence-corrected chi connectivity index (χ1v) is 8.97. The Morgan fingerprint density at radius 3 is 2.79 bits per heavy atom. The van der Waals surface area contributed by atoms with Gasteiger partial charge in [0.05, 0.1) is 19.4 Å². The number of benzene rings is 1. The zero-order valence-corrected chi connectivity index (χ0v) is 14.9. The Morgan fingerprint density at radius 2 is 2.08 bits per heavy atom. The molecule has 24 heavy (non-hydrogen) atoms. The monoisotopic (exact) mass is 348 g/mol. The van der Waals surface area contributed by atoms with Gasteiger partial charge in [-0.2, -0.15) is 0 Å². The molecule has 2 aromatic rings. The van der Waals surface area contributed by atoms with Gasteiger partial charge in [-0.15, -0.1) is 11.3 Å². The average Bonchev–Trinajstić information content (AvgIpc) is 3.02. The van der Waals surface area contributed by atoms with Crippen LogP contribution in [0.25, 0.3) is 10.6 Å². The molecule has 0 amide bonds. The molecule has 0 aliphatic rings. The number of carbonyl (C=O) groups excluding carboxylic acids is 1. The lowest BCUT2D eigenvalue weighted by molar-refractivity contribution is -0.304. The number of aromatic nitrogens is 1. The number of unbranched alkanes of at least 4 members (excludes halogenated alkanes) is 3. The molecule has 130 valence electrons. The third kappa shape index (κ3) is 5.23. The van der Waals surface area contributed by atoms with Gasteiger partial charge in [0.1, 0.15) is 5.01 Å². The second kappa shape index (κ2) is 9.27. The maximum atomic E-state index is 10.6. The van der Waals surface area contributed by atoms with Gasteiger partial charge in [-0.25, -0.2) is 4.98 Å². The minimum Gasteiger partial charge on any atom is -0.550 e. The zero-order chi connectivity index (χ0) is 17.4. The molecule has 0 bridgehead atoms. The van der Waals surface area contributed by atoms with Crippen LogP contribution in [0.5, 0.6) is 11.5 Å². The molecular weight excluding hydrogens is 326 g/mol. The van der Waals surface area contributed by atoms with E-state index in [0.29, 0.717) is 23.8 Å². The second-order valence-corrected chi connectivity index (χ2v) is 6.33. The Morgan fingerprint density at radius 1 is 1.25 bits per heavy atom. The summed E-state index contributed by atoms with van der Waals surface area (Å²) >= 11 is 1.40. The maximum absolute atomic E-state index is 10.6. The first-order chi connectivity index (χ1) is 11.6. The predicted molar refractivity (Wildman–Crippen MR) is 92.5 cm³/mol. The smallest absolute Gasteiger partial charge is 0.161 e. The largest absolute Gasteiger partial charge is 0.550 e. The van der Waals surface area contributed by atoms with Gasteiger partial charge in [-0.1, -0.05) is 26.2 Å². The number of rotatable bonds is 10. The average molecular weight is 348 g/mol. The van der Waals surface area contributed by atoms with Crippen molar-refractivity contribution in [3.8, 4) is 22.1 Å². The lowest BCUT2D eigenvalue weighted by atomic mass is 10.2. The van der Waals surface area contributed by atoms with Crippen LogP contribution in [0.15, 0.2) is 23.6 Å². The molecule has 2 rings (SSSR count). The number of carboxylic acids is 1. The number of hydrogen-bond acceptors (Lipinski definition) is 6. The minimum absolute atomic E-state index is 0.174. The van der Waals surface area contributed by atoms with Gasteiger partial charge in [-0.3, -0.25) is 0 Å². The molecule has 0 saturated heterocycles. The molecule has 0 aliphatic carbocycles. The molecule has 5 nitrogen and oxygen atoms in total. The van der Waals surface area contributed by atoms with Crippen LogP contribution in [0.1, 0.15) is 38.3 Å². The van der Waals surface area contributed by atoms with Gasteiger partial charge < -0.3 is 19.4 Å². The topological polar surface area (TPSA) is 71.5 Å². The fourth-order valence-corrected chi connectivity index (χ4v) is 3.12. The van der Waals surface area contributed by atoms with E-state index in [2.05, 4.69) is 11.9 Å². The molecule has 0 spiro atoms. The van der Waals surface area contributed by atoms with Crippen molar-refractivity contribution in [1.29, 1.82) is 0 Å². The fraction of sp³-hybridized carbons (Fsp3) is 0.444. The first kappa shape index (κ1) is 18.3. The number of carbonyl (C=O) groups is 1. The van der Waals surface area contributed by atoms with Crippen molar-refractivity contribution in [2.45, 2.75) is 39.0 Å². The van der Waals surface area contributed by atoms with Crippen molar-refractivity contribution >= 4 is 17.3 Å². The summed E-state index contributed by atoms with van der Waals surface area (Å²) in [5.74, 6) is 0.236. The summed E-state index contributed by atoms with van der Waals surface area (Å²) in [6, 6.07) is 5.64. The van der Waals surface area contributed by atoms with E-state index in [4.69, 9.17) is 9.47 Å². The van der Waals surface area contributed by atoms with Crippen molar-refractivity contribution in [3.05, 3.63) is 29.3 Å². The van der Waals surface area contributed by atoms with Crippen LogP contribution in [0, 0.1) is 0 Å². The number of aliphatic carboxylic acids is 1. The summed E-state index contributed by atoms with van der Waals surface area (Å²) in [4.78, 5) is 15.0. The second-order valence-electron chi connectivity index (χ2n) is 5.47. The number of nitrogens with zero attached hydrogens (tertiary/aromatic N) is 1. The van der Waals surface area contributed by atoms with E-state index in [1.165, 1.54) is 24.2 Å². The maximum Gasteiger partial charge on any atom is 0.161 e.